The SMILES string of the molecule is C[C@@H]1OCC[C@H]1S(=O)(=O)CCCc1ccc(Cl)cc1. The highest BCUT2D eigenvalue weighted by atomic mass is 35.5. The maximum atomic E-state index is 12.2. The monoisotopic (exact) mass is 302 g/mol. The van der Waals surface area contributed by atoms with Crippen molar-refractivity contribution in [3.05, 3.63) is 34.9 Å². The van der Waals surface area contributed by atoms with Gasteiger partial charge in [-0.3, -0.25) is 0 Å². The standard InChI is InChI=1S/C14H19ClO3S/c1-11-14(8-9-18-11)19(16,17)10-2-3-12-4-6-13(15)7-5-12/h4-7,11,14H,2-3,8-10H2,1H3/t11-,14+/m0/s1. The smallest absolute Gasteiger partial charge is 0.155 e. The molecular weight excluding hydrogens is 284 g/mol. The highest BCUT2D eigenvalue weighted by Gasteiger charge is 2.35. The minimum Gasteiger partial charge on any atom is -0.377 e. The van der Waals surface area contributed by atoms with E-state index < -0.39 is 9.84 Å². The van der Waals surface area contributed by atoms with Gasteiger partial charge in [0.1, 0.15) is 0 Å². The molecule has 5 heteroatoms. The van der Waals surface area contributed by atoms with Gasteiger partial charge in [0.05, 0.1) is 17.1 Å². The molecule has 0 aliphatic carbocycles. The van der Waals surface area contributed by atoms with Gasteiger partial charge in [-0.15, -0.1) is 0 Å². The van der Waals surface area contributed by atoms with Gasteiger partial charge in [-0.2, -0.15) is 0 Å². The van der Waals surface area contributed by atoms with Crippen LogP contribution in [0.3, 0.4) is 0 Å². The van der Waals surface area contributed by atoms with Crippen molar-refractivity contribution in [2.75, 3.05) is 12.4 Å². The van der Waals surface area contributed by atoms with Crippen LogP contribution in [0.5, 0.6) is 0 Å². The third-order valence-electron chi connectivity index (χ3n) is 3.58. The molecule has 0 bridgehead atoms. The van der Waals surface area contributed by atoms with Gasteiger partial charge in [-0.25, -0.2) is 8.42 Å². The lowest BCUT2D eigenvalue weighted by atomic mass is 10.1. The first kappa shape index (κ1) is 14.8. The molecule has 0 unspecified atom stereocenters. The number of ether oxygens (including phenoxy) is 1. The molecule has 1 aromatic carbocycles. The number of sulfone groups is 1. The fraction of sp³-hybridized carbons (Fsp3) is 0.571. The van der Waals surface area contributed by atoms with E-state index in [-0.39, 0.29) is 17.1 Å². The van der Waals surface area contributed by atoms with Crippen molar-refractivity contribution in [2.24, 2.45) is 0 Å². The lowest BCUT2D eigenvalue weighted by Gasteiger charge is -2.14. The third kappa shape index (κ3) is 3.94. The zero-order chi connectivity index (χ0) is 13.9. The minimum atomic E-state index is -3.04. The molecule has 0 aromatic heterocycles. The Morgan fingerprint density at radius 1 is 1.32 bits per heavy atom. The molecule has 1 fully saturated rings. The Morgan fingerprint density at radius 3 is 2.58 bits per heavy atom. The van der Waals surface area contributed by atoms with E-state index in [1.54, 1.807) is 0 Å². The van der Waals surface area contributed by atoms with Crippen LogP contribution in [0.4, 0.5) is 0 Å². The lowest BCUT2D eigenvalue weighted by molar-refractivity contribution is 0.126. The number of rotatable bonds is 5. The number of halogens is 1. The van der Waals surface area contributed by atoms with Gasteiger partial charge in [0.15, 0.2) is 9.84 Å². The first-order chi connectivity index (χ1) is 8.99. The molecule has 0 radical (unpaired) electrons. The summed E-state index contributed by atoms with van der Waals surface area (Å²) in [7, 11) is -3.04. The van der Waals surface area contributed by atoms with Crippen LogP contribution in [0.15, 0.2) is 24.3 Å². The summed E-state index contributed by atoms with van der Waals surface area (Å²) in [5, 5.41) is 0.381. The predicted octanol–water partition coefficient (Wildman–Crippen LogP) is 2.86. The number of aryl methyl sites for hydroxylation is 1. The van der Waals surface area contributed by atoms with Crippen molar-refractivity contribution in [1.82, 2.24) is 0 Å². The van der Waals surface area contributed by atoms with Crippen LogP contribution in [0.2, 0.25) is 5.02 Å². The lowest BCUT2D eigenvalue weighted by Crippen LogP contribution is -2.30. The fourth-order valence-corrected chi connectivity index (χ4v) is 4.56. The van der Waals surface area contributed by atoms with Crippen molar-refractivity contribution in [3.63, 3.8) is 0 Å². The van der Waals surface area contributed by atoms with Crippen LogP contribution in [-0.2, 0) is 21.0 Å². The Morgan fingerprint density at radius 2 is 2.00 bits per heavy atom. The van der Waals surface area contributed by atoms with E-state index in [2.05, 4.69) is 0 Å². The quantitative estimate of drug-likeness (QED) is 0.840. The summed E-state index contributed by atoms with van der Waals surface area (Å²) >= 11 is 5.81. The van der Waals surface area contributed by atoms with E-state index in [9.17, 15) is 8.42 Å². The van der Waals surface area contributed by atoms with Gasteiger partial charge in [-0.1, -0.05) is 23.7 Å². The summed E-state index contributed by atoms with van der Waals surface area (Å²) in [4.78, 5) is 0. The summed E-state index contributed by atoms with van der Waals surface area (Å²) in [6, 6.07) is 7.54. The second-order valence-electron chi connectivity index (χ2n) is 5.00. The molecule has 1 saturated heterocycles. The molecule has 2 atom stereocenters. The Labute approximate surface area is 119 Å². The molecule has 1 aliphatic rings. The van der Waals surface area contributed by atoms with Gasteiger partial charge in [0.2, 0.25) is 0 Å². The summed E-state index contributed by atoms with van der Waals surface area (Å²) in [6.07, 6.45) is 1.87. The minimum absolute atomic E-state index is 0.166. The summed E-state index contributed by atoms with van der Waals surface area (Å²) in [5.74, 6) is 0.230. The molecule has 1 aliphatic heterocycles. The van der Waals surface area contributed by atoms with Gasteiger partial charge in [0.25, 0.3) is 0 Å². The molecule has 19 heavy (non-hydrogen) atoms. The molecule has 0 saturated carbocycles. The van der Waals surface area contributed by atoms with Crippen molar-refractivity contribution in [3.8, 4) is 0 Å². The van der Waals surface area contributed by atoms with Crippen LogP contribution < -0.4 is 0 Å². The first-order valence-corrected chi connectivity index (χ1v) is 8.66. The maximum Gasteiger partial charge on any atom is 0.155 e. The van der Waals surface area contributed by atoms with Crippen LogP contribution >= 0.6 is 11.6 Å². The van der Waals surface area contributed by atoms with Crippen LogP contribution in [0.1, 0.15) is 25.3 Å². The first-order valence-electron chi connectivity index (χ1n) is 6.56. The fourth-order valence-electron chi connectivity index (χ4n) is 2.46. The third-order valence-corrected chi connectivity index (χ3v) is 6.23. The topological polar surface area (TPSA) is 43.4 Å². The molecule has 2 rings (SSSR count). The molecule has 3 nitrogen and oxygen atoms in total. The van der Waals surface area contributed by atoms with Gasteiger partial charge in [-0.05, 0) is 43.9 Å². The molecule has 0 N–H and O–H groups in total. The van der Waals surface area contributed by atoms with E-state index in [1.165, 1.54) is 0 Å². The maximum absolute atomic E-state index is 12.2. The summed E-state index contributed by atoms with van der Waals surface area (Å²) < 4.78 is 29.7. The van der Waals surface area contributed by atoms with E-state index in [4.69, 9.17) is 16.3 Å². The van der Waals surface area contributed by atoms with Crippen LogP contribution in [-0.4, -0.2) is 32.1 Å². The Balaban J connectivity index is 1.86. The van der Waals surface area contributed by atoms with E-state index in [0.717, 1.165) is 12.0 Å². The normalized spacial score (nSPS) is 23.7. The van der Waals surface area contributed by atoms with Crippen molar-refractivity contribution in [2.45, 2.75) is 37.5 Å². The molecule has 0 spiro atoms. The largest absolute Gasteiger partial charge is 0.377 e. The average Bonchev–Trinajstić information content (AvgIpc) is 2.79. The zero-order valence-corrected chi connectivity index (χ0v) is 12.6. The van der Waals surface area contributed by atoms with Gasteiger partial charge in [0, 0.05) is 11.6 Å². The van der Waals surface area contributed by atoms with Gasteiger partial charge < -0.3 is 4.74 Å². The highest BCUT2D eigenvalue weighted by Crippen LogP contribution is 2.22. The molecule has 1 aromatic rings. The zero-order valence-electron chi connectivity index (χ0n) is 11.0. The molecule has 106 valence electrons. The van der Waals surface area contributed by atoms with Gasteiger partial charge >= 0.3 is 0 Å². The Hall–Kier alpha value is -0.580. The van der Waals surface area contributed by atoms with Crippen molar-refractivity contribution >= 4 is 21.4 Å². The Kier molecular flexibility index (Phi) is 4.87. The second-order valence-corrected chi connectivity index (χ2v) is 7.78. The summed E-state index contributed by atoms with van der Waals surface area (Å²) in [5.41, 5.74) is 1.12. The molecule has 1 heterocycles. The van der Waals surface area contributed by atoms with Crippen LogP contribution in [0, 0.1) is 0 Å². The van der Waals surface area contributed by atoms with E-state index in [1.807, 2.05) is 31.2 Å². The van der Waals surface area contributed by atoms with Crippen LogP contribution in [0.25, 0.3) is 0 Å². The van der Waals surface area contributed by atoms with E-state index in [0.29, 0.717) is 24.5 Å². The summed E-state index contributed by atoms with van der Waals surface area (Å²) in [6.45, 7) is 2.40. The Bertz CT molecular complexity index is 510. The number of hydrogen-bond donors (Lipinski definition) is 0. The molecule has 0 amide bonds. The van der Waals surface area contributed by atoms with E-state index >= 15 is 0 Å². The average molecular weight is 303 g/mol. The number of hydrogen-bond acceptors (Lipinski definition) is 3. The highest BCUT2D eigenvalue weighted by molar-refractivity contribution is 7.92. The van der Waals surface area contributed by atoms with Crippen molar-refractivity contribution in [1.29, 1.82) is 0 Å². The number of benzene rings is 1. The van der Waals surface area contributed by atoms with Crippen molar-refractivity contribution < 1.29 is 13.2 Å². The second kappa shape index (κ2) is 6.25. The predicted molar refractivity (Wildman–Crippen MR) is 77.4 cm³/mol. The molecular formula is C14H19ClO3S.